The van der Waals surface area contributed by atoms with Crippen LogP contribution in [0, 0.1) is 23.2 Å². The van der Waals surface area contributed by atoms with Crippen molar-refractivity contribution in [3.05, 3.63) is 0 Å². The second-order valence-corrected chi connectivity index (χ2v) is 8.05. The first-order chi connectivity index (χ1) is 7.19. The van der Waals surface area contributed by atoms with Gasteiger partial charge in [0.2, 0.25) is 0 Å². The van der Waals surface area contributed by atoms with Crippen molar-refractivity contribution in [2.24, 2.45) is 23.2 Å². The average Bonchev–Trinajstić information content (AvgIpc) is 2.53. The first-order valence-corrected chi connectivity index (χ1v) is 6.94. The van der Waals surface area contributed by atoms with Gasteiger partial charge in [-0.1, -0.05) is 20.8 Å². The van der Waals surface area contributed by atoms with Crippen LogP contribution >= 0.6 is 0 Å². The third-order valence-corrected chi connectivity index (χ3v) is 4.92. The van der Waals surface area contributed by atoms with E-state index in [4.69, 9.17) is 0 Å². The molecule has 1 nitrogen and oxygen atoms in total. The Labute approximate surface area is 102 Å². The second-order valence-electron chi connectivity index (χ2n) is 8.05. The lowest BCUT2D eigenvalue weighted by atomic mass is 9.74. The van der Waals surface area contributed by atoms with Crippen LogP contribution in [0.3, 0.4) is 0 Å². The summed E-state index contributed by atoms with van der Waals surface area (Å²) in [6, 6.07) is 0. The summed E-state index contributed by atoms with van der Waals surface area (Å²) in [5, 5.41) is 0. The zero-order valence-corrected chi connectivity index (χ0v) is 12.0. The molecule has 0 radical (unpaired) electrons. The summed E-state index contributed by atoms with van der Waals surface area (Å²) in [6.45, 7) is 17.1. The van der Waals surface area contributed by atoms with Gasteiger partial charge in [0.15, 0.2) is 0 Å². The summed E-state index contributed by atoms with van der Waals surface area (Å²) < 4.78 is 0. The van der Waals surface area contributed by atoms with Gasteiger partial charge in [-0.25, -0.2) is 0 Å². The predicted molar refractivity (Wildman–Crippen MR) is 70.5 cm³/mol. The highest BCUT2D eigenvalue weighted by atomic mass is 15.2. The van der Waals surface area contributed by atoms with Gasteiger partial charge >= 0.3 is 0 Å². The van der Waals surface area contributed by atoms with Crippen LogP contribution in [0.5, 0.6) is 0 Å². The number of fused-ring (bicyclic) bond motifs is 1. The summed E-state index contributed by atoms with van der Waals surface area (Å²) >= 11 is 0. The van der Waals surface area contributed by atoms with Crippen molar-refractivity contribution >= 4 is 0 Å². The highest BCUT2D eigenvalue weighted by Gasteiger charge is 2.48. The summed E-state index contributed by atoms with van der Waals surface area (Å²) in [5.74, 6) is 2.91. The third kappa shape index (κ3) is 2.16. The number of likely N-dealkylation sites (tertiary alicyclic amines) is 1. The fraction of sp³-hybridized carbons (Fsp3) is 1.00. The molecule has 0 N–H and O–H groups in total. The Bertz CT molecular complexity index is 256. The molecule has 0 amide bonds. The molecule has 0 aromatic heterocycles. The molecule has 1 saturated heterocycles. The van der Waals surface area contributed by atoms with E-state index in [0.717, 1.165) is 17.8 Å². The maximum atomic E-state index is 2.71. The normalized spacial score (nSPS) is 36.8. The summed E-state index contributed by atoms with van der Waals surface area (Å²) in [4.78, 5) is 2.71. The van der Waals surface area contributed by atoms with Crippen LogP contribution in [0.1, 0.15) is 54.4 Å². The van der Waals surface area contributed by atoms with Gasteiger partial charge < -0.3 is 0 Å². The molecule has 94 valence electrons. The Hall–Kier alpha value is -0.0400. The topological polar surface area (TPSA) is 3.24 Å². The first-order valence-electron chi connectivity index (χ1n) is 6.94. The molecule has 2 rings (SSSR count). The lowest BCUT2D eigenvalue weighted by Gasteiger charge is -2.35. The lowest BCUT2D eigenvalue weighted by Crippen LogP contribution is -2.41. The minimum absolute atomic E-state index is 0.368. The molecule has 3 atom stereocenters. The zero-order valence-electron chi connectivity index (χ0n) is 12.0. The molecule has 1 aliphatic heterocycles. The van der Waals surface area contributed by atoms with E-state index in [1.54, 1.807) is 0 Å². The van der Waals surface area contributed by atoms with E-state index in [2.05, 4.69) is 46.4 Å². The van der Waals surface area contributed by atoms with Crippen molar-refractivity contribution in [2.45, 2.75) is 59.9 Å². The minimum Gasteiger partial charge on any atom is -0.298 e. The molecular weight excluding hydrogens is 194 g/mol. The molecule has 16 heavy (non-hydrogen) atoms. The summed E-state index contributed by atoms with van der Waals surface area (Å²) in [6.07, 6.45) is 2.94. The summed E-state index contributed by atoms with van der Waals surface area (Å²) in [7, 11) is 0. The van der Waals surface area contributed by atoms with Gasteiger partial charge in [-0.2, -0.15) is 0 Å². The fourth-order valence-corrected chi connectivity index (χ4v) is 3.89. The van der Waals surface area contributed by atoms with Gasteiger partial charge in [-0.15, -0.1) is 0 Å². The zero-order chi connectivity index (χ0) is 12.1. The van der Waals surface area contributed by atoms with Crippen molar-refractivity contribution in [3.8, 4) is 0 Å². The molecule has 1 heterocycles. The lowest BCUT2D eigenvalue weighted by molar-refractivity contribution is 0.130. The fourth-order valence-electron chi connectivity index (χ4n) is 3.89. The molecule has 0 aromatic carbocycles. The number of hydrogen-bond donors (Lipinski definition) is 0. The van der Waals surface area contributed by atoms with Gasteiger partial charge in [-0.3, -0.25) is 4.90 Å². The molecular formula is C15H29N. The van der Waals surface area contributed by atoms with Crippen molar-refractivity contribution in [3.63, 3.8) is 0 Å². The van der Waals surface area contributed by atoms with E-state index in [1.165, 1.54) is 25.9 Å². The largest absolute Gasteiger partial charge is 0.298 e. The maximum Gasteiger partial charge on any atom is 0.0125 e. The van der Waals surface area contributed by atoms with Crippen LogP contribution in [-0.4, -0.2) is 23.5 Å². The van der Waals surface area contributed by atoms with Crippen molar-refractivity contribution in [2.75, 3.05) is 13.1 Å². The average molecular weight is 223 g/mol. The van der Waals surface area contributed by atoms with E-state index in [9.17, 15) is 0 Å². The van der Waals surface area contributed by atoms with Crippen molar-refractivity contribution in [1.29, 1.82) is 0 Å². The predicted octanol–water partition coefficient (Wildman–Crippen LogP) is 3.79. The Morgan fingerprint density at radius 2 is 1.50 bits per heavy atom. The first kappa shape index (κ1) is 12.4. The monoisotopic (exact) mass is 223 g/mol. The number of rotatable bonds is 0. The number of hydrogen-bond acceptors (Lipinski definition) is 1. The highest BCUT2D eigenvalue weighted by Crippen LogP contribution is 2.50. The van der Waals surface area contributed by atoms with Crippen LogP contribution in [0.2, 0.25) is 0 Å². The molecule has 2 aliphatic rings. The molecule has 1 aliphatic carbocycles. The number of nitrogens with zero attached hydrogens (tertiary/aromatic N) is 1. The van der Waals surface area contributed by atoms with E-state index in [-0.39, 0.29) is 0 Å². The highest BCUT2D eigenvalue weighted by molar-refractivity contribution is 4.99. The minimum atomic E-state index is 0.368. The van der Waals surface area contributed by atoms with Gasteiger partial charge in [0.25, 0.3) is 0 Å². The smallest absolute Gasteiger partial charge is 0.0125 e. The Morgan fingerprint density at radius 1 is 0.875 bits per heavy atom. The van der Waals surface area contributed by atoms with Gasteiger partial charge in [0.05, 0.1) is 0 Å². The SMILES string of the molecule is CC(C)(C)C1CCC2CN(C(C)(C)C)CC21. The maximum absolute atomic E-state index is 2.71. The Morgan fingerprint density at radius 3 is 2.00 bits per heavy atom. The van der Waals surface area contributed by atoms with Crippen LogP contribution < -0.4 is 0 Å². The van der Waals surface area contributed by atoms with Crippen LogP contribution in [0.25, 0.3) is 0 Å². The van der Waals surface area contributed by atoms with Crippen LogP contribution in [-0.2, 0) is 0 Å². The molecule has 1 saturated carbocycles. The van der Waals surface area contributed by atoms with Gasteiger partial charge in [0.1, 0.15) is 0 Å². The Balaban J connectivity index is 2.08. The molecule has 1 heteroatoms. The third-order valence-electron chi connectivity index (χ3n) is 4.92. The van der Waals surface area contributed by atoms with E-state index < -0.39 is 0 Å². The van der Waals surface area contributed by atoms with E-state index >= 15 is 0 Å². The molecule has 2 fully saturated rings. The van der Waals surface area contributed by atoms with Gasteiger partial charge in [0, 0.05) is 18.6 Å². The van der Waals surface area contributed by atoms with Crippen LogP contribution in [0.4, 0.5) is 0 Å². The van der Waals surface area contributed by atoms with Crippen LogP contribution in [0.15, 0.2) is 0 Å². The molecule has 0 spiro atoms. The van der Waals surface area contributed by atoms with E-state index in [1.807, 2.05) is 0 Å². The molecule has 0 aromatic rings. The second kappa shape index (κ2) is 3.73. The standard InChI is InChI=1S/C15H29N/c1-14(2,3)13-8-7-11-9-16(10-12(11)13)15(4,5)6/h11-13H,7-10H2,1-6H3. The molecule has 0 bridgehead atoms. The van der Waals surface area contributed by atoms with Crippen molar-refractivity contribution in [1.82, 2.24) is 4.90 Å². The van der Waals surface area contributed by atoms with E-state index in [0.29, 0.717) is 11.0 Å². The summed E-state index contributed by atoms with van der Waals surface area (Å²) in [5.41, 5.74) is 0.875. The van der Waals surface area contributed by atoms with Gasteiger partial charge in [-0.05, 0) is 56.8 Å². The Kier molecular flexibility index (Phi) is 2.89. The van der Waals surface area contributed by atoms with Crippen molar-refractivity contribution < 1.29 is 0 Å². The molecule has 3 unspecified atom stereocenters. The quantitative estimate of drug-likeness (QED) is 0.604.